The van der Waals surface area contributed by atoms with Crippen molar-refractivity contribution in [3.05, 3.63) is 0 Å². The average molecular weight is 309 g/mol. The highest BCUT2D eigenvalue weighted by Crippen LogP contribution is 2.10. The van der Waals surface area contributed by atoms with Gasteiger partial charge in [-0.25, -0.2) is 9.59 Å². The Kier molecular flexibility index (Phi) is 7.92. The van der Waals surface area contributed by atoms with Crippen molar-refractivity contribution in [3.63, 3.8) is 0 Å². The van der Waals surface area contributed by atoms with Crippen molar-refractivity contribution in [2.24, 2.45) is 0 Å². The van der Waals surface area contributed by atoms with E-state index >= 15 is 0 Å². The molecule has 3 unspecified atom stereocenters. The Balaban J connectivity index is 4.25. The predicted molar refractivity (Wildman–Crippen MR) is 75.8 cm³/mol. The molecule has 0 aromatic rings. The summed E-state index contributed by atoms with van der Waals surface area (Å²) in [6.07, 6.45) is -2.62. The quantitative estimate of drug-likeness (QED) is 0.539. The standard InChI is InChI=1S/C12H23NO6S/c1-7(14)9(15)6-20-5-8(10(16)17)13-11(18)19-12(2,3)4/h7-9,14-15H,5-6H2,1-4H3,(H,13,18)(H,16,17). The monoisotopic (exact) mass is 309 g/mol. The summed E-state index contributed by atoms with van der Waals surface area (Å²) in [4.78, 5) is 22.5. The normalized spacial score (nSPS) is 16.1. The summed E-state index contributed by atoms with van der Waals surface area (Å²) in [5.41, 5.74) is -0.706. The number of aliphatic carboxylic acids is 1. The lowest BCUT2D eigenvalue weighted by Gasteiger charge is -2.22. The molecule has 0 aliphatic carbocycles. The van der Waals surface area contributed by atoms with Gasteiger partial charge in [-0.1, -0.05) is 0 Å². The zero-order valence-electron chi connectivity index (χ0n) is 12.1. The number of amides is 1. The van der Waals surface area contributed by atoms with Crippen LogP contribution in [0.15, 0.2) is 0 Å². The van der Waals surface area contributed by atoms with Crippen molar-refractivity contribution in [3.8, 4) is 0 Å². The van der Waals surface area contributed by atoms with E-state index in [1.54, 1.807) is 20.8 Å². The van der Waals surface area contributed by atoms with Gasteiger partial charge in [0.25, 0.3) is 0 Å². The molecule has 0 rings (SSSR count). The topological polar surface area (TPSA) is 116 Å². The summed E-state index contributed by atoms with van der Waals surface area (Å²) in [5, 5.41) is 29.7. The van der Waals surface area contributed by atoms with Gasteiger partial charge in [0.05, 0.1) is 12.2 Å². The number of carbonyl (C=O) groups excluding carboxylic acids is 1. The van der Waals surface area contributed by atoms with Gasteiger partial charge in [0.1, 0.15) is 11.6 Å². The maximum atomic E-state index is 11.5. The zero-order valence-corrected chi connectivity index (χ0v) is 12.9. The Morgan fingerprint density at radius 1 is 1.25 bits per heavy atom. The third-order valence-corrected chi connectivity index (χ3v) is 3.27. The van der Waals surface area contributed by atoms with Crippen LogP contribution < -0.4 is 5.32 Å². The van der Waals surface area contributed by atoms with Crippen molar-refractivity contribution in [2.75, 3.05) is 11.5 Å². The van der Waals surface area contributed by atoms with E-state index in [0.717, 1.165) is 11.8 Å². The molecule has 1 amide bonds. The Hall–Kier alpha value is -0.990. The Morgan fingerprint density at radius 2 is 1.80 bits per heavy atom. The molecule has 0 spiro atoms. The average Bonchev–Trinajstić information content (AvgIpc) is 2.24. The van der Waals surface area contributed by atoms with Gasteiger partial charge in [-0.05, 0) is 27.7 Å². The molecule has 118 valence electrons. The van der Waals surface area contributed by atoms with Crippen LogP contribution in [0.3, 0.4) is 0 Å². The highest BCUT2D eigenvalue weighted by atomic mass is 32.2. The van der Waals surface area contributed by atoms with E-state index in [-0.39, 0.29) is 11.5 Å². The molecule has 0 aliphatic heterocycles. The molecule has 0 bridgehead atoms. The summed E-state index contributed by atoms with van der Waals surface area (Å²) >= 11 is 1.12. The number of aliphatic hydroxyl groups excluding tert-OH is 2. The predicted octanol–water partition coefficient (Wildman–Crippen LogP) is 0.439. The van der Waals surface area contributed by atoms with E-state index in [1.165, 1.54) is 6.92 Å². The van der Waals surface area contributed by atoms with Crippen LogP contribution >= 0.6 is 11.8 Å². The van der Waals surface area contributed by atoms with Crippen molar-refractivity contribution in [1.82, 2.24) is 5.32 Å². The molecular formula is C12H23NO6S. The summed E-state index contributed by atoms with van der Waals surface area (Å²) < 4.78 is 4.97. The number of carbonyl (C=O) groups is 2. The first-order chi connectivity index (χ1) is 9.03. The van der Waals surface area contributed by atoms with E-state index in [1.807, 2.05) is 0 Å². The lowest BCUT2D eigenvalue weighted by Crippen LogP contribution is -2.45. The minimum absolute atomic E-state index is 0.0678. The van der Waals surface area contributed by atoms with E-state index in [2.05, 4.69) is 5.32 Å². The lowest BCUT2D eigenvalue weighted by atomic mass is 10.2. The summed E-state index contributed by atoms with van der Waals surface area (Å²) in [6, 6.07) is -1.11. The molecular weight excluding hydrogens is 286 g/mol. The van der Waals surface area contributed by atoms with E-state index in [4.69, 9.17) is 14.9 Å². The third kappa shape index (κ3) is 9.00. The number of hydrogen-bond acceptors (Lipinski definition) is 6. The second-order valence-corrected chi connectivity index (χ2v) is 6.46. The number of nitrogens with one attached hydrogen (secondary N) is 1. The van der Waals surface area contributed by atoms with Gasteiger partial charge in [0.15, 0.2) is 0 Å². The summed E-state index contributed by atoms with van der Waals surface area (Å²) in [6.45, 7) is 6.47. The van der Waals surface area contributed by atoms with E-state index in [9.17, 15) is 14.7 Å². The van der Waals surface area contributed by atoms with Gasteiger partial charge < -0.3 is 25.4 Å². The molecule has 0 fully saturated rings. The molecule has 3 atom stereocenters. The van der Waals surface area contributed by atoms with Crippen LogP contribution in [0.2, 0.25) is 0 Å². The van der Waals surface area contributed by atoms with Gasteiger partial charge in [-0.2, -0.15) is 11.8 Å². The molecule has 20 heavy (non-hydrogen) atoms. The SMILES string of the molecule is CC(O)C(O)CSCC(NC(=O)OC(C)(C)C)C(=O)O. The first-order valence-electron chi connectivity index (χ1n) is 6.19. The molecule has 8 heteroatoms. The Morgan fingerprint density at radius 3 is 2.20 bits per heavy atom. The maximum absolute atomic E-state index is 11.5. The van der Waals surface area contributed by atoms with Crippen LogP contribution in [0.5, 0.6) is 0 Å². The van der Waals surface area contributed by atoms with Crippen LogP contribution in [-0.4, -0.2) is 62.7 Å². The largest absolute Gasteiger partial charge is 0.480 e. The molecule has 0 saturated heterocycles. The minimum atomic E-state index is -1.19. The number of rotatable bonds is 7. The second-order valence-electron chi connectivity index (χ2n) is 5.38. The second kappa shape index (κ2) is 8.33. The van der Waals surface area contributed by atoms with Crippen LogP contribution in [0.1, 0.15) is 27.7 Å². The first kappa shape index (κ1) is 19.0. The number of hydrogen-bond donors (Lipinski definition) is 4. The van der Waals surface area contributed by atoms with Crippen molar-refractivity contribution in [1.29, 1.82) is 0 Å². The smallest absolute Gasteiger partial charge is 0.408 e. The van der Waals surface area contributed by atoms with Gasteiger partial charge in [-0.15, -0.1) is 0 Å². The number of carboxylic acids is 1. The third-order valence-electron chi connectivity index (χ3n) is 2.12. The van der Waals surface area contributed by atoms with Gasteiger partial charge >= 0.3 is 12.1 Å². The van der Waals surface area contributed by atoms with E-state index in [0.29, 0.717) is 0 Å². The summed E-state index contributed by atoms with van der Waals surface area (Å²) in [5.74, 6) is -0.939. The van der Waals surface area contributed by atoms with Gasteiger partial charge in [0.2, 0.25) is 0 Å². The maximum Gasteiger partial charge on any atom is 0.408 e. The Labute approximate surface area is 122 Å². The molecule has 0 aromatic carbocycles. The minimum Gasteiger partial charge on any atom is -0.480 e. The highest BCUT2D eigenvalue weighted by Gasteiger charge is 2.24. The molecule has 0 aliphatic rings. The molecule has 0 radical (unpaired) electrons. The van der Waals surface area contributed by atoms with Crippen LogP contribution in [0, 0.1) is 0 Å². The van der Waals surface area contributed by atoms with Crippen molar-refractivity contribution < 1.29 is 29.6 Å². The zero-order chi connectivity index (χ0) is 15.9. The molecule has 0 aromatic heterocycles. The van der Waals surface area contributed by atoms with Crippen LogP contribution in [0.25, 0.3) is 0 Å². The number of ether oxygens (including phenoxy) is 1. The number of thioether (sulfide) groups is 1. The number of carboxylic acid groups (broad SMARTS) is 1. The lowest BCUT2D eigenvalue weighted by molar-refractivity contribution is -0.138. The van der Waals surface area contributed by atoms with Gasteiger partial charge in [0, 0.05) is 11.5 Å². The molecule has 0 heterocycles. The fourth-order valence-corrected chi connectivity index (χ4v) is 2.19. The Bertz CT molecular complexity index is 328. The fourth-order valence-electron chi connectivity index (χ4n) is 1.07. The summed E-state index contributed by atoms with van der Waals surface area (Å²) in [7, 11) is 0. The van der Waals surface area contributed by atoms with Gasteiger partial charge in [-0.3, -0.25) is 0 Å². The van der Waals surface area contributed by atoms with Crippen LogP contribution in [0.4, 0.5) is 4.79 Å². The van der Waals surface area contributed by atoms with Crippen molar-refractivity contribution in [2.45, 2.75) is 51.5 Å². The number of alkyl carbamates (subject to hydrolysis) is 1. The fraction of sp³-hybridized carbons (Fsp3) is 0.833. The molecule has 0 saturated carbocycles. The first-order valence-corrected chi connectivity index (χ1v) is 7.34. The van der Waals surface area contributed by atoms with E-state index < -0.39 is 35.9 Å². The van der Waals surface area contributed by atoms with Crippen LogP contribution in [-0.2, 0) is 9.53 Å². The van der Waals surface area contributed by atoms with Crippen molar-refractivity contribution >= 4 is 23.8 Å². The highest BCUT2D eigenvalue weighted by molar-refractivity contribution is 7.99. The number of aliphatic hydroxyl groups is 2. The molecule has 7 nitrogen and oxygen atoms in total. The molecule has 4 N–H and O–H groups in total.